The van der Waals surface area contributed by atoms with Crippen LogP contribution in [0.25, 0.3) is 5.69 Å². The molecule has 0 unspecified atom stereocenters. The first-order valence-corrected chi connectivity index (χ1v) is 9.83. The largest absolute Gasteiger partial charge is 0.350 e. The van der Waals surface area contributed by atoms with E-state index >= 15 is 0 Å². The Morgan fingerprint density at radius 1 is 1.04 bits per heavy atom. The molecular formula is C22H28N2O3. The van der Waals surface area contributed by atoms with Gasteiger partial charge < -0.3 is 18.9 Å². The van der Waals surface area contributed by atoms with Gasteiger partial charge in [-0.1, -0.05) is 18.2 Å². The molecule has 2 saturated heterocycles. The molecule has 2 aliphatic rings. The van der Waals surface area contributed by atoms with Crippen LogP contribution in [0.15, 0.2) is 30.3 Å². The van der Waals surface area contributed by atoms with Crippen LogP contribution in [0.1, 0.15) is 40.2 Å². The van der Waals surface area contributed by atoms with E-state index in [4.69, 9.17) is 9.47 Å². The SMILES string of the molecule is Cc1ccccc1-n1c(C)cc(C(=O)N2CCC(C3OCCO3)CC2)c1C. The number of rotatable bonds is 3. The second-order valence-corrected chi connectivity index (χ2v) is 7.65. The minimum atomic E-state index is -0.0756. The molecule has 0 atom stereocenters. The maximum absolute atomic E-state index is 13.2. The summed E-state index contributed by atoms with van der Waals surface area (Å²) in [5.74, 6) is 0.533. The van der Waals surface area contributed by atoms with Crippen LogP contribution in [0.3, 0.4) is 0 Å². The molecule has 3 heterocycles. The van der Waals surface area contributed by atoms with Gasteiger partial charge in [0.05, 0.1) is 18.8 Å². The number of piperidine rings is 1. The van der Waals surface area contributed by atoms with Crippen LogP contribution in [0.4, 0.5) is 0 Å². The lowest BCUT2D eigenvalue weighted by Crippen LogP contribution is -2.41. The van der Waals surface area contributed by atoms with E-state index in [1.807, 2.05) is 30.0 Å². The quantitative estimate of drug-likeness (QED) is 0.831. The van der Waals surface area contributed by atoms with Crippen molar-refractivity contribution in [3.63, 3.8) is 0 Å². The summed E-state index contributed by atoms with van der Waals surface area (Å²) in [7, 11) is 0. The van der Waals surface area contributed by atoms with Crippen molar-refractivity contribution in [1.82, 2.24) is 9.47 Å². The molecule has 4 rings (SSSR count). The molecular weight excluding hydrogens is 340 g/mol. The lowest BCUT2D eigenvalue weighted by molar-refractivity contribution is -0.0956. The van der Waals surface area contributed by atoms with Gasteiger partial charge >= 0.3 is 0 Å². The van der Waals surface area contributed by atoms with Gasteiger partial charge in [-0.15, -0.1) is 0 Å². The van der Waals surface area contributed by atoms with Crippen molar-refractivity contribution >= 4 is 5.91 Å². The molecule has 1 aromatic heterocycles. The Hall–Kier alpha value is -2.11. The van der Waals surface area contributed by atoms with Crippen molar-refractivity contribution in [3.8, 4) is 5.69 Å². The van der Waals surface area contributed by atoms with E-state index in [0.717, 1.165) is 48.6 Å². The number of carbonyl (C=O) groups excluding carboxylic acids is 1. The van der Waals surface area contributed by atoms with Crippen molar-refractivity contribution in [1.29, 1.82) is 0 Å². The smallest absolute Gasteiger partial charge is 0.255 e. The van der Waals surface area contributed by atoms with Crippen LogP contribution in [0.2, 0.25) is 0 Å². The summed E-state index contributed by atoms with van der Waals surface area (Å²) in [5.41, 5.74) is 5.25. The average molecular weight is 368 g/mol. The number of amides is 1. The fraction of sp³-hybridized carbons (Fsp3) is 0.500. The van der Waals surface area contributed by atoms with Gasteiger partial charge in [0.25, 0.3) is 5.91 Å². The number of aryl methyl sites for hydroxylation is 2. The van der Waals surface area contributed by atoms with Crippen LogP contribution in [-0.4, -0.2) is 48.0 Å². The minimum absolute atomic E-state index is 0.0756. The molecule has 5 nitrogen and oxygen atoms in total. The summed E-state index contributed by atoms with van der Waals surface area (Å²) in [6, 6.07) is 10.3. The molecule has 0 bridgehead atoms. The summed E-state index contributed by atoms with van der Waals surface area (Å²) in [6.07, 6.45) is 1.80. The molecule has 0 spiro atoms. The van der Waals surface area contributed by atoms with E-state index in [-0.39, 0.29) is 12.2 Å². The van der Waals surface area contributed by atoms with Crippen molar-refractivity contribution < 1.29 is 14.3 Å². The summed E-state index contributed by atoms with van der Waals surface area (Å²) in [6.45, 7) is 9.12. The minimum Gasteiger partial charge on any atom is -0.350 e. The fourth-order valence-electron chi connectivity index (χ4n) is 4.36. The standard InChI is InChI=1S/C22H28N2O3/c1-15-6-4-5-7-20(15)24-16(2)14-19(17(24)3)21(25)23-10-8-18(9-11-23)22-26-12-13-27-22/h4-7,14,18,22H,8-13H2,1-3H3. The molecule has 0 radical (unpaired) electrons. The summed E-state index contributed by atoms with van der Waals surface area (Å²) in [5, 5.41) is 0. The van der Waals surface area contributed by atoms with E-state index in [1.54, 1.807) is 0 Å². The van der Waals surface area contributed by atoms with E-state index in [9.17, 15) is 4.79 Å². The van der Waals surface area contributed by atoms with Gasteiger partial charge in [-0.2, -0.15) is 0 Å². The van der Waals surface area contributed by atoms with E-state index < -0.39 is 0 Å². The number of likely N-dealkylation sites (tertiary alicyclic amines) is 1. The number of hydrogen-bond acceptors (Lipinski definition) is 3. The first-order valence-electron chi connectivity index (χ1n) is 9.83. The van der Waals surface area contributed by atoms with Gasteiger partial charge in [-0.25, -0.2) is 0 Å². The first-order chi connectivity index (χ1) is 13.1. The third kappa shape index (κ3) is 3.42. The topological polar surface area (TPSA) is 43.7 Å². The Balaban J connectivity index is 1.52. The highest BCUT2D eigenvalue weighted by Crippen LogP contribution is 2.28. The third-order valence-corrected chi connectivity index (χ3v) is 5.88. The number of aromatic nitrogens is 1. The van der Waals surface area contributed by atoms with Gasteiger partial charge in [-0.3, -0.25) is 4.79 Å². The van der Waals surface area contributed by atoms with Crippen LogP contribution in [0, 0.1) is 26.7 Å². The maximum atomic E-state index is 13.2. The predicted molar refractivity (Wildman–Crippen MR) is 104 cm³/mol. The van der Waals surface area contributed by atoms with Crippen molar-refractivity contribution in [2.75, 3.05) is 26.3 Å². The van der Waals surface area contributed by atoms with Crippen LogP contribution < -0.4 is 0 Å². The second-order valence-electron chi connectivity index (χ2n) is 7.65. The molecule has 5 heteroatoms. The summed E-state index contributed by atoms with van der Waals surface area (Å²) >= 11 is 0. The molecule has 0 aliphatic carbocycles. The Morgan fingerprint density at radius 2 is 1.70 bits per heavy atom. The van der Waals surface area contributed by atoms with Gasteiger partial charge in [0.15, 0.2) is 6.29 Å². The normalized spacial score (nSPS) is 19.0. The highest BCUT2D eigenvalue weighted by molar-refractivity contribution is 5.96. The number of ether oxygens (including phenoxy) is 2. The van der Waals surface area contributed by atoms with Gasteiger partial charge in [0, 0.05) is 36.1 Å². The highest BCUT2D eigenvalue weighted by atomic mass is 16.7. The van der Waals surface area contributed by atoms with Gasteiger partial charge in [0.1, 0.15) is 0 Å². The van der Waals surface area contributed by atoms with Crippen LogP contribution in [0.5, 0.6) is 0 Å². The molecule has 144 valence electrons. The van der Waals surface area contributed by atoms with E-state index in [0.29, 0.717) is 19.1 Å². The Labute approximate surface area is 160 Å². The lowest BCUT2D eigenvalue weighted by atomic mass is 9.95. The highest BCUT2D eigenvalue weighted by Gasteiger charge is 2.32. The van der Waals surface area contributed by atoms with Crippen molar-refractivity contribution in [2.45, 2.75) is 39.9 Å². The van der Waals surface area contributed by atoms with Crippen molar-refractivity contribution in [3.05, 3.63) is 52.8 Å². The van der Waals surface area contributed by atoms with Crippen LogP contribution in [-0.2, 0) is 9.47 Å². The molecule has 1 amide bonds. The molecule has 2 fully saturated rings. The zero-order valence-electron chi connectivity index (χ0n) is 16.4. The number of nitrogens with zero attached hydrogens (tertiary/aromatic N) is 2. The third-order valence-electron chi connectivity index (χ3n) is 5.88. The Morgan fingerprint density at radius 3 is 2.37 bits per heavy atom. The molecule has 2 aromatic rings. The monoisotopic (exact) mass is 368 g/mol. The van der Waals surface area contributed by atoms with Crippen LogP contribution >= 0.6 is 0 Å². The molecule has 27 heavy (non-hydrogen) atoms. The zero-order valence-corrected chi connectivity index (χ0v) is 16.4. The molecule has 2 aliphatic heterocycles. The fourth-order valence-corrected chi connectivity index (χ4v) is 4.36. The van der Waals surface area contributed by atoms with Gasteiger partial charge in [-0.05, 0) is 51.3 Å². The number of carbonyl (C=O) groups is 1. The van der Waals surface area contributed by atoms with E-state index in [1.165, 1.54) is 5.56 Å². The zero-order chi connectivity index (χ0) is 19.0. The Kier molecular flexibility index (Phi) is 5.06. The number of hydrogen-bond donors (Lipinski definition) is 0. The van der Waals surface area contributed by atoms with E-state index in [2.05, 4.69) is 30.5 Å². The average Bonchev–Trinajstić information content (AvgIpc) is 3.31. The number of benzene rings is 1. The summed E-state index contributed by atoms with van der Waals surface area (Å²) in [4.78, 5) is 15.2. The first kappa shape index (κ1) is 18.3. The summed E-state index contributed by atoms with van der Waals surface area (Å²) < 4.78 is 13.5. The predicted octanol–water partition coefficient (Wildman–Crippen LogP) is 3.63. The Bertz CT molecular complexity index is 828. The second kappa shape index (κ2) is 7.49. The number of para-hydroxylation sites is 1. The maximum Gasteiger partial charge on any atom is 0.255 e. The molecule has 0 saturated carbocycles. The van der Waals surface area contributed by atoms with Gasteiger partial charge in [0.2, 0.25) is 0 Å². The molecule has 1 aromatic carbocycles. The van der Waals surface area contributed by atoms with Crippen molar-refractivity contribution in [2.24, 2.45) is 5.92 Å². The molecule has 0 N–H and O–H groups in total. The lowest BCUT2D eigenvalue weighted by Gasteiger charge is -2.33.